The monoisotopic (exact) mass is 163 g/mol. The van der Waals surface area contributed by atoms with E-state index in [-0.39, 0.29) is 0 Å². The average Bonchev–Trinajstić information content (AvgIpc) is 2.43. The minimum Gasteiger partial charge on any atom is -0.384 e. The van der Waals surface area contributed by atoms with E-state index < -0.39 is 0 Å². The summed E-state index contributed by atoms with van der Waals surface area (Å²) in [6.07, 6.45) is 4.10. The Kier molecular flexibility index (Phi) is 2.76. The molecule has 1 rings (SSSR count). The Morgan fingerprint density at radius 3 is 2.92 bits per heavy atom. The summed E-state index contributed by atoms with van der Waals surface area (Å²) in [7, 11) is 0. The van der Waals surface area contributed by atoms with Crippen LogP contribution in [0.5, 0.6) is 0 Å². The summed E-state index contributed by atoms with van der Waals surface area (Å²) in [5.74, 6) is 0.589. The summed E-state index contributed by atoms with van der Waals surface area (Å²) in [4.78, 5) is 0. The van der Waals surface area contributed by atoms with Crippen LogP contribution in [-0.2, 0) is 6.54 Å². The molecule has 3 nitrogen and oxygen atoms in total. The van der Waals surface area contributed by atoms with Gasteiger partial charge in [0.2, 0.25) is 0 Å². The number of aryl methyl sites for hydroxylation is 1. The molecule has 1 aromatic heterocycles. The van der Waals surface area contributed by atoms with Gasteiger partial charge in [-0.3, -0.25) is 0 Å². The predicted octanol–water partition coefficient (Wildman–Crippen LogP) is 1.74. The van der Waals surface area contributed by atoms with Gasteiger partial charge >= 0.3 is 0 Å². The van der Waals surface area contributed by atoms with E-state index in [1.54, 1.807) is 6.07 Å². The molecule has 3 heteroatoms. The molecule has 0 amide bonds. The van der Waals surface area contributed by atoms with E-state index in [0.717, 1.165) is 19.4 Å². The maximum Gasteiger partial charge on any atom is 0.121 e. The first-order valence-corrected chi connectivity index (χ1v) is 4.14. The molecule has 1 heterocycles. The molecule has 0 aliphatic heterocycles. The highest BCUT2D eigenvalue weighted by Crippen LogP contribution is 2.12. The van der Waals surface area contributed by atoms with Crippen LogP contribution in [-0.4, -0.2) is 4.57 Å². The molecule has 0 saturated carbocycles. The third-order valence-electron chi connectivity index (χ3n) is 1.88. The van der Waals surface area contributed by atoms with Crippen molar-refractivity contribution in [1.29, 1.82) is 5.26 Å². The lowest BCUT2D eigenvalue weighted by atomic mass is 10.3. The van der Waals surface area contributed by atoms with Crippen LogP contribution in [0.4, 0.5) is 5.82 Å². The lowest BCUT2D eigenvalue weighted by Gasteiger charge is -2.03. The van der Waals surface area contributed by atoms with Crippen LogP contribution >= 0.6 is 0 Å². The normalized spacial score (nSPS) is 9.67. The van der Waals surface area contributed by atoms with Crippen LogP contribution in [0.25, 0.3) is 0 Å². The van der Waals surface area contributed by atoms with Crippen molar-refractivity contribution >= 4 is 5.82 Å². The summed E-state index contributed by atoms with van der Waals surface area (Å²) in [5.41, 5.74) is 6.27. The van der Waals surface area contributed by atoms with Gasteiger partial charge in [-0.2, -0.15) is 5.26 Å². The number of aromatic nitrogens is 1. The SMILES string of the molecule is CCCCn1ccc(C#N)c1N. The maximum absolute atomic E-state index is 8.61. The van der Waals surface area contributed by atoms with Crippen molar-refractivity contribution in [1.82, 2.24) is 4.57 Å². The second kappa shape index (κ2) is 3.82. The number of anilines is 1. The fourth-order valence-electron chi connectivity index (χ4n) is 1.10. The van der Waals surface area contributed by atoms with Crippen molar-refractivity contribution in [2.75, 3.05) is 5.73 Å². The molecule has 12 heavy (non-hydrogen) atoms. The molecule has 0 aliphatic carbocycles. The highest BCUT2D eigenvalue weighted by Gasteiger charge is 2.02. The molecule has 1 aromatic rings. The van der Waals surface area contributed by atoms with E-state index in [1.165, 1.54) is 0 Å². The first-order chi connectivity index (χ1) is 5.79. The lowest BCUT2D eigenvalue weighted by Crippen LogP contribution is -2.02. The summed E-state index contributed by atoms with van der Waals surface area (Å²) in [6.45, 7) is 3.04. The van der Waals surface area contributed by atoms with Gasteiger partial charge in [0.25, 0.3) is 0 Å². The predicted molar refractivity (Wildman–Crippen MR) is 48.5 cm³/mol. The Hall–Kier alpha value is -1.43. The number of rotatable bonds is 3. The van der Waals surface area contributed by atoms with Gasteiger partial charge in [0.1, 0.15) is 11.9 Å². The van der Waals surface area contributed by atoms with E-state index in [2.05, 4.69) is 6.92 Å². The highest BCUT2D eigenvalue weighted by atomic mass is 15.0. The van der Waals surface area contributed by atoms with E-state index in [9.17, 15) is 0 Å². The van der Waals surface area contributed by atoms with Crippen LogP contribution in [0.1, 0.15) is 25.3 Å². The third-order valence-corrected chi connectivity index (χ3v) is 1.88. The Bertz CT molecular complexity index is 293. The van der Waals surface area contributed by atoms with Crippen molar-refractivity contribution in [2.45, 2.75) is 26.3 Å². The third kappa shape index (κ3) is 1.59. The number of nitrogens with two attached hydrogens (primary N) is 1. The topological polar surface area (TPSA) is 54.7 Å². The molecule has 0 atom stereocenters. The van der Waals surface area contributed by atoms with Gasteiger partial charge in [-0.1, -0.05) is 13.3 Å². The van der Waals surface area contributed by atoms with Crippen LogP contribution in [0.3, 0.4) is 0 Å². The number of nitrogens with zero attached hydrogens (tertiary/aromatic N) is 2. The molecule has 0 aliphatic rings. The van der Waals surface area contributed by atoms with Crippen molar-refractivity contribution < 1.29 is 0 Å². The zero-order valence-electron chi connectivity index (χ0n) is 7.25. The zero-order valence-corrected chi connectivity index (χ0v) is 7.25. The fraction of sp³-hybridized carbons (Fsp3) is 0.444. The van der Waals surface area contributed by atoms with Crippen molar-refractivity contribution in [3.8, 4) is 6.07 Å². The average molecular weight is 163 g/mol. The number of hydrogen-bond donors (Lipinski definition) is 1. The molecular formula is C9H13N3. The number of hydrogen-bond acceptors (Lipinski definition) is 2. The second-order valence-electron chi connectivity index (χ2n) is 2.77. The smallest absolute Gasteiger partial charge is 0.121 e. The Morgan fingerprint density at radius 1 is 1.67 bits per heavy atom. The fourth-order valence-corrected chi connectivity index (χ4v) is 1.10. The van der Waals surface area contributed by atoms with Gasteiger partial charge in [-0.05, 0) is 12.5 Å². The van der Waals surface area contributed by atoms with Gasteiger partial charge in [-0.15, -0.1) is 0 Å². The second-order valence-corrected chi connectivity index (χ2v) is 2.77. The molecule has 0 aromatic carbocycles. The number of unbranched alkanes of at least 4 members (excludes halogenated alkanes) is 1. The summed E-state index contributed by atoms with van der Waals surface area (Å²) < 4.78 is 1.92. The minimum atomic E-state index is 0.575. The number of nitrogen functional groups attached to an aromatic ring is 1. The van der Waals surface area contributed by atoms with Crippen molar-refractivity contribution in [3.05, 3.63) is 17.8 Å². The quantitative estimate of drug-likeness (QED) is 0.737. The van der Waals surface area contributed by atoms with Crippen LogP contribution in [0.15, 0.2) is 12.3 Å². The maximum atomic E-state index is 8.61. The Morgan fingerprint density at radius 2 is 2.42 bits per heavy atom. The van der Waals surface area contributed by atoms with Crippen LogP contribution < -0.4 is 5.73 Å². The van der Waals surface area contributed by atoms with E-state index >= 15 is 0 Å². The molecule has 64 valence electrons. The standard InChI is InChI=1S/C9H13N3/c1-2-3-5-12-6-4-8(7-10)9(12)11/h4,6H,2-3,5,11H2,1H3. The van der Waals surface area contributed by atoms with Gasteiger partial charge < -0.3 is 10.3 Å². The zero-order chi connectivity index (χ0) is 8.97. The Labute approximate surface area is 72.4 Å². The molecule has 0 radical (unpaired) electrons. The van der Waals surface area contributed by atoms with E-state index in [1.807, 2.05) is 16.8 Å². The molecule has 0 fully saturated rings. The molecule has 2 N–H and O–H groups in total. The van der Waals surface area contributed by atoms with Crippen LogP contribution in [0.2, 0.25) is 0 Å². The number of nitriles is 1. The highest BCUT2D eigenvalue weighted by molar-refractivity contribution is 5.49. The van der Waals surface area contributed by atoms with Gasteiger partial charge in [0.15, 0.2) is 0 Å². The van der Waals surface area contributed by atoms with Crippen molar-refractivity contribution in [3.63, 3.8) is 0 Å². The summed E-state index contributed by atoms with van der Waals surface area (Å²) in [5, 5.41) is 8.61. The summed E-state index contributed by atoms with van der Waals surface area (Å²) >= 11 is 0. The van der Waals surface area contributed by atoms with Crippen LogP contribution in [0, 0.1) is 11.3 Å². The molecule has 0 saturated heterocycles. The van der Waals surface area contributed by atoms with E-state index in [4.69, 9.17) is 11.0 Å². The van der Waals surface area contributed by atoms with Gasteiger partial charge in [0.05, 0.1) is 5.56 Å². The molecule has 0 bridgehead atoms. The van der Waals surface area contributed by atoms with Crippen molar-refractivity contribution in [2.24, 2.45) is 0 Å². The van der Waals surface area contributed by atoms with Gasteiger partial charge in [-0.25, -0.2) is 0 Å². The lowest BCUT2D eigenvalue weighted by molar-refractivity contribution is 0.641. The Balaban J connectivity index is 2.75. The molecule has 0 unspecified atom stereocenters. The van der Waals surface area contributed by atoms with E-state index in [0.29, 0.717) is 11.4 Å². The molecule has 0 spiro atoms. The first-order valence-electron chi connectivity index (χ1n) is 4.14. The first kappa shape index (κ1) is 8.66. The minimum absolute atomic E-state index is 0.575. The van der Waals surface area contributed by atoms with Gasteiger partial charge in [0, 0.05) is 12.7 Å². The summed E-state index contributed by atoms with van der Waals surface area (Å²) in [6, 6.07) is 3.80. The largest absolute Gasteiger partial charge is 0.384 e. The molecular weight excluding hydrogens is 150 g/mol.